The molecule has 154 valence electrons. The van der Waals surface area contributed by atoms with Crippen LogP contribution >= 0.6 is 0 Å². The molecule has 0 aliphatic rings. The minimum Gasteiger partial charge on any atom is -0.0622 e. The van der Waals surface area contributed by atoms with Crippen LogP contribution in [0.2, 0.25) is 0 Å². The normalized spacial score (nSPS) is 11.3. The number of benzene rings is 5. The summed E-state index contributed by atoms with van der Waals surface area (Å²) in [7, 11) is 0. The summed E-state index contributed by atoms with van der Waals surface area (Å²) in [6.07, 6.45) is 0. The fourth-order valence-electron chi connectivity index (χ4n) is 4.37. The van der Waals surface area contributed by atoms with Crippen LogP contribution in [0.5, 0.6) is 0 Å². The largest absolute Gasteiger partial charge is 0.0622 e. The Morgan fingerprint density at radius 1 is 0.500 bits per heavy atom. The van der Waals surface area contributed by atoms with E-state index in [0.717, 1.165) is 11.1 Å². The van der Waals surface area contributed by atoms with Gasteiger partial charge in [-0.1, -0.05) is 124 Å². The van der Waals surface area contributed by atoms with Gasteiger partial charge in [0.2, 0.25) is 0 Å². The monoisotopic (exact) mass is 410 g/mol. The summed E-state index contributed by atoms with van der Waals surface area (Å²) < 4.78 is 0. The van der Waals surface area contributed by atoms with E-state index in [1.807, 2.05) is 18.2 Å². The van der Waals surface area contributed by atoms with E-state index in [-0.39, 0.29) is 5.41 Å². The molecule has 0 saturated heterocycles. The zero-order valence-electron chi connectivity index (χ0n) is 18.8. The van der Waals surface area contributed by atoms with Gasteiger partial charge in [-0.2, -0.15) is 0 Å². The zero-order valence-corrected chi connectivity index (χ0v) is 18.8. The second-order valence-electron chi connectivity index (χ2n) is 9.28. The van der Waals surface area contributed by atoms with Crippen molar-refractivity contribution < 1.29 is 0 Å². The zero-order chi connectivity index (χ0) is 22.1. The van der Waals surface area contributed by atoms with Gasteiger partial charge in [0, 0.05) is 11.1 Å². The molecular weight excluding hydrogens is 384 g/mol. The van der Waals surface area contributed by atoms with Gasteiger partial charge >= 0.3 is 0 Å². The summed E-state index contributed by atoms with van der Waals surface area (Å²) in [6.45, 7) is 6.77. The average Bonchev–Trinajstić information content (AvgIpc) is 2.82. The Balaban J connectivity index is 1.80. The van der Waals surface area contributed by atoms with Gasteiger partial charge in [0.1, 0.15) is 0 Å². The van der Waals surface area contributed by atoms with Crippen molar-refractivity contribution in [3.05, 3.63) is 120 Å². The first-order valence-electron chi connectivity index (χ1n) is 11.1. The second kappa shape index (κ2) is 8.03. The van der Waals surface area contributed by atoms with Crippen LogP contribution in [0.1, 0.15) is 37.5 Å². The van der Waals surface area contributed by atoms with Crippen molar-refractivity contribution in [2.45, 2.75) is 26.2 Å². The first-order valence-corrected chi connectivity index (χ1v) is 11.1. The quantitative estimate of drug-likeness (QED) is 0.192. The van der Waals surface area contributed by atoms with Crippen LogP contribution in [0.4, 0.5) is 0 Å². The Kier molecular flexibility index (Phi) is 5.04. The summed E-state index contributed by atoms with van der Waals surface area (Å²) in [5.41, 5.74) is 6.13. The minimum atomic E-state index is 0.138. The summed E-state index contributed by atoms with van der Waals surface area (Å²) in [5, 5.41) is 4.88. The van der Waals surface area contributed by atoms with Gasteiger partial charge in [-0.3, -0.25) is 0 Å². The van der Waals surface area contributed by atoms with Gasteiger partial charge in [-0.15, -0.1) is 0 Å². The third-order valence-electron chi connectivity index (χ3n) is 6.08. The predicted octanol–water partition coefficient (Wildman–Crippen LogP) is 8.36. The van der Waals surface area contributed by atoms with E-state index in [1.165, 1.54) is 38.2 Å². The highest BCUT2D eigenvalue weighted by atomic mass is 14.2. The molecule has 0 aliphatic carbocycles. The van der Waals surface area contributed by atoms with Gasteiger partial charge < -0.3 is 0 Å². The summed E-state index contributed by atoms with van der Waals surface area (Å²) in [5.74, 6) is 6.88. The topological polar surface area (TPSA) is 0 Å². The molecule has 0 bridgehead atoms. The molecule has 5 rings (SSSR count). The molecule has 0 saturated carbocycles. The van der Waals surface area contributed by atoms with E-state index >= 15 is 0 Å². The van der Waals surface area contributed by atoms with Crippen molar-refractivity contribution in [1.82, 2.24) is 0 Å². The highest BCUT2D eigenvalue weighted by Crippen LogP contribution is 2.39. The predicted molar refractivity (Wildman–Crippen MR) is 138 cm³/mol. The number of hydrogen-bond acceptors (Lipinski definition) is 0. The minimum absolute atomic E-state index is 0.138. The highest BCUT2D eigenvalue weighted by Gasteiger charge is 2.16. The molecule has 0 atom stereocenters. The molecule has 0 heteroatoms. The van der Waals surface area contributed by atoms with Gasteiger partial charge in [0.05, 0.1) is 0 Å². The van der Waals surface area contributed by atoms with Crippen LogP contribution in [-0.2, 0) is 5.41 Å². The Morgan fingerprint density at radius 2 is 1.00 bits per heavy atom. The van der Waals surface area contributed by atoms with Gasteiger partial charge in [0.15, 0.2) is 0 Å². The van der Waals surface area contributed by atoms with Crippen molar-refractivity contribution in [2.24, 2.45) is 0 Å². The molecule has 0 radical (unpaired) electrons. The number of fused-ring (bicyclic) bond motifs is 2. The standard InChI is InChI=1S/C32H26/c1-32(2,3)25-20-18-24(19-21-25)31-29-15-9-7-13-26(29)28(27-14-8-10-16-30(27)31)22-17-23-11-5-4-6-12-23/h4-16,18-21H,1-3H3. The molecule has 5 aromatic carbocycles. The summed E-state index contributed by atoms with van der Waals surface area (Å²) in [6, 6.07) is 36.6. The molecule has 0 aliphatic heterocycles. The molecule has 0 fully saturated rings. The molecule has 0 amide bonds. The Labute approximate surface area is 190 Å². The molecule has 0 nitrogen and oxygen atoms in total. The fraction of sp³-hybridized carbons (Fsp3) is 0.125. The lowest BCUT2D eigenvalue weighted by Gasteiger charge is -2.20. The van der Waals surface area contributed by atoms with E-state index in [0.29, 0.717) is 0 Å². The van der Waals surface area contributed by atoms with E-state index in [9.17, 15) is 0 Å². The molecule has 5 aromatic rings. The van der Waals surface area contributed by atoms with Crippen molar-refractivity contribution in [2.75, 3.05) is 0 Å². The van der Waals surface area contributed by atoms with Gasteiger partial charge in [-0.25, -0.2) is 0 Å². The summed E-state index contributed by atoms with van der Waals surface area (Å²) in [4.78, 5) is 0. The Morgan fingerprint density at radius 3 is 1.53 bits per heavy atom. The molecule has 0 unspecified atom stereocenters. The van der Waals surface area contributed by atoms with Crippen LogP contribution in [-0.4, -0.2) is 0 Å². The third-order valence-corrected chi connectivity index (χ3v) is 6.08. The molecular formula is C32H26. The van der Waals surface area contributed by atoms with E-state index in [2.05, 4.69) is 118 Å². The maximum absolute atomic E-state index is 3.50. The van der Waals surface area contributed by atoms with E-state index < -0.39 is 0 Å². The fourth-order valence-corrected chi connectivity index (χ4v) is 4.37. The molecule has 0 aromatic heterocycles. The number of rotatable bonds is 1. The molecule has 0 N–H and O–H groups in total. The Hall–Kier alpha value is -3.82. The lowest BCUT2D eigenvalue weighted by atomic mass is 9.84. The first kappa shape index (κ1) is 20.1. The molecule has 32 heavy (non-hydrogen) atoms. The Bertz CT molecular complexity index is 1410. The smallest absolute Gasteiger partial charge is 0.0406 e. The maximum Gasteiger partial charge on any atom is 0.0406 e. The average molecular weight is 411 g/mol. The van der Waals surface area contributed by atoms with Crippen molar-refractivity contribution in [3.63, 3.8) is 0 Å². The second-order valence-corrected chi connectivity index (χ2v) is 9.28. The maximum atomic E-state index is 3.50. The SMILES string of the molecule is CC(C)(C)c1ccc(-c2c3ccccc3c(C#Cc3ccccc3)c3ccccc23)cc1. The lowest BCUT2D eigenvalue weighted by Crippen LogP contribution is -2.10. The van der Waals surface area contributed by atoms with Gasteiger partial charge in [-0.05, 0) is 55.8 Å². The first-order chi connectivity index (χ1) is 15.5. The van der Waals surface area contributed by atoms with Gasteiger partial charge in [0.25, 0.3) is 0 Å². The van der Waals surface area contributed by atoms with Crippen LogP contribution in [0, 0.1) is 11.8 Å². The molecule has 0 heterocycles. The van der Waals surface area contributed by atoms with Crippen LogP contribution in [0.15, 0.2) is 103 Å². The van der Waals surface area contributed by atoms with E-state index in [1.54, 1.807) is 0 Å². The van der Waals surface area contributed by atoms with Crippen LogP contribution < -0.4 is 0 Å². The highest BCUT2D eigenvalue weighted by molar-refractivity contribution is 6.16. The van der Waals surface area contributed by atoms with Crippen molar-refractivity contribution in [3.8, 4) is 23.0 Å². The lowest BCUT2D eigenvalue weighted by molar-refractivity contribution is 0.590. The van der Waals surface area contributed by atoms with Crippen LogP contribution in [0.25, 0.3) is 32.7 Å². The third kappa shape index (κ3) is 3.68. The molecule has 0 spiro atoms. The van der Waals surface area contributed by atoms with Crippen molar-refractivity contribution in [1.29, 1.82) is 0 Å². The van der Waals surface area contributed by atoms with Crippen LogP contribution in [0.3, 0.4) is 0 Å². The van der Waals surface area contributed by atoms with Crippen molar-refractivity contribution >= 4 is 21.5 Å². The number of hydrogen-bond donors (Lipinski definition) is 0. The summed E-state index contributed by atoms with van der Waals surface area (Å²) >= 11 is 0. The van der Waals surface area contributed by atoms with E-state index in [4.69, 9.17) is 0 Å².